The van der Waals surface area contributed by atoms with Crippen LogP contribution in [0.5, 0.6) is 0 Å². The van der Waals surface area contributed by atoms with Crippen molar-refractivity contribution < 1.29 is 9.90 Å². The maximum atomic E-state index is 12.3. The van der Waals surface area contributed by atoms with Crippen LogP contribution in [0, 0.1) is 0 Å². The molecule has 1 aliphatic carbocycles. The van der Waals surface area contributed by atoms with E-state index in [1.54, 1.807) is 6.21 Å². The molecule has 124 valence electrons. The number of Topliss-reactive ketones (excluding diaryl/α,β-unsaturated/α-hetero) is 1. The second-order valence-electron chi connectivity index (χ2n) is 6.25. The normalized spacial score (nSPS) is 18.8. The van der Waals surface area contributed by atoms with E-state index in [0.29, 0.717) is 18.4 Å². The number of aliphatic imine (C=N–C) groups is 1. The Labute approximate surface area is 139 Å². The minimum Gasteiger partial charge on any atom is -0.511 e. The van der Waals surface area contributed by atoms with Crippen LogP contribution in [-0.2, 0) is 4.79 Å². The number of rotatable bonds is 8. The third-order valence-corrected chi connectivity index (χ3v) is 4.36. The maximum Gasteiger partial charge on any atom is 0.168 e. The van der Waals surface area contributed by atoms with Crippen molar-refractivity contribution >= 4 is 12.0 Å². The van der Waals surface area contributed by atoms with Crippen LogP contribution >= 0.6 is 0 Å². The fraction of sp³-hybridized carbons (Fsp3) is 0.500. The van der Waals surface area contributed by atoms with E-state index in [-0.39, 0.29) is 17.5 Å². The Balaban J connectivity index is 1.88. The molecule has 1 aliphatic rings. The Morgan fingerprint density at radius 2 is 1.87 bits per heavy atom. The Kier molecular flexibility index (Phi) is 7.05. The average molecular weight is 313 g/mol. The Bertz CT molecular complexity index is 560. The number of nitrogens with zero attached hydrogens (tertiary/aromatic N) is 1. The summed E-state index contributed by atoms with van der Waals surface area (Å²) in [5, 5.41) is 10.2. The van der Waals surface area contributed by atoms with Gasteiger partial charge in [-0.3, -0.25) is 9.79 Å². The molecule has 0 aliphatic heterocycles. The molecule has 0 heterocycles. The summed E-state index contributed by atoms with van der Waals surface area (Å²) < 4.78 is 0. The van der Waals surface area contributed by atoms with Crippen LogP contribution in [0.3, 0.4) is 0 Å². The van der Waals surface area contributed by atoms with Gasteiger partial charge >= 0.3 is 0 Å². The highest BCUT2D eigenvalue weighted by Crippen LogP contribution is 2.32. The predicted molar refractivity (Wildman–Crippen MR) is 95.2 cm³/mol. The standard InChI is InChI=1S/C20H27NO2/c1-2-3-4-5-9-12-21-15-18-19(22)13-17(14-20(18)23)16-10-7-6-8-11-16/h6-8,10-11,15,17,22H,2-5,9,12-14H2,1H3. The summed E-state index contributed by atoms with van der Waals surface area (Å²) in [6.45, 7) is 2.93. The molecule has 0 spiro atoms. The molecule has 0 fully saturated rings. The quantitative estimate of drug-likeness (QED) is 0.543. The number of aliphatic hydroxyl groups is 1. The number of unbranched alkanes of at least 4 members (excludes halogenated alkanes) is 4. The molecule has 0 bridgehead atoms. The molecule has 0 aromatic heterocycles. The topological polar surface area (TPSA) is 49.7 Å². The predicted octanol–water partition coefficient (Wildman–Crippen LogP) is 4.99. The Morgan fingerprint density at radius 1 is 1.13 bits per heavy atom. The van der Waals surface area contributed by atoms with Gasteiger partial charge in [-0.15, -0.1) is 0 Å². The highest BCUT2D eigenvalue weighted by molar-refractivity contribution is 6.14. The van der Waals surface area contributed by atoms with Gasteiger partial charge in [0.25, 0.3) is 0 Å². The number of ketones is 1. The van der Waals surface area contributed by atoms with Crippen molar-refractivity contribution in [2.75, 3.05) is 6.54 Å². The lowest BCUT2D eigenvalue weighted by molar-refractivity contribution is -0.116. The van der Waals surface area contributed by atoms with Crippen molar-refractivity contribution in [3.63, 3.8) is 0 Å². The Morgan fingerprint density at radius 3 is 2.57 bits per heavy atom. The van der Waals surface area contributed by atoms with Crippen LogP contribution in [0.1, 0.15) is 63.4 Å². The van der Waals surface area contributed by atoms with Crippen LogP contribution in [0.4, 0.5) is 0 Å². The first-order valence-corrected chi connectivity index (χ1v) is 8.72. The summed E-state index contributed by atoms with van der Waals surface area (Å²) in [4.78, 5) is 16.6. The molecular formula is C20H27NO2. The van der Waals surface area contributed by atoms with Gasteiger partial charge in [0.2, 0.25) is 0 Å². The first kappa shape index (κ1) is 17.5. The number of carbonyl (C=O) groups excluding carboxylic acids is 1. The zero-order valence-electron chi connectivity index (χ0n) is 14.0. The van der Waals surface area contributed by atoms with Gasteiger partial charge in [-0.25, -0.2) is 0 Å². The second-order valence-corrected chi connectivity index (χ2v) is 6.25. The Hall–Kier alpha value is -1.90. The number of allylic oxidation sites excluding steroid dienone is 2. The highest BCUT2D eigenvalue weighted by atomic mass is 16.3. The summed E-state index contributed by atoms with van der Waals surface area (Å²) in [6.07, 6.45) is 8.54. The SMILES string of the molecule is CCCCCCCN=CC1=C(O)CC(c2ccccc2)CC1=O. The van der Waals surface area contributed by atoms with Gasteiger partial charge in [0.1, 0.15) is 5.76 Å². The van der Waals surface area contributed by atoms with Crippen molar-refractivity contribution in [2.45, 2.75) is 57.8 Å². The molecule has 3 nitrogen and oxygen atoms in total. The van der Waals surface area contributed by atoms with Gasteiger partial charge in [0, 0.05) is 25.6 Å². The van der Waals surface area contributed by atoms with Gasteiger partial charge in [-0.05, 0) is 17.9 Å². The lowest BCUT2D eigenvalue weighted by Gasteiger charge is -2.22. The van der Waals surface area contributed by atoms with E-state index in [1.165, 1.54) is 25.7 Å². The average Bonchev–Trinajstić information content (AvgIpc) is 2.56. The minimum absolute atomic E-state index is 0.00247. The zero-order chi connectivity index (χ0) is 16.5. The molecule has 0 saturated heterocycles. The molecule has 0 saturated carbocycles. The molecule has 1 aromatic carbocycles. The van der Waals surface area contributed by atoms with Crippen molar-refractivity contribution in [3.05, 3.63) is 47.2 Å². The number of carbonyl (C=O) groups is 1. The van der Waals surface area contributed by atoms with Crippen LogP contribution < -0.4 is 0 Å². The zero-order valence-corrected chi connectivity index (χ0v) is 14.0. The largest absolute Gasteiger partial charge is 0.511 e. The highest BCUT2D eigenvalue weighted by Gasteiger charge is 2.27. The van der Waals surface area contributed by atoms with Gasteiger partial charge in [0.05, 0.1) is 5.57 Å². The van der Waals surface area contributed by atoms with Crippen molar-refractivity contribution in [1.29, 1.82) is 0 Å². The summed E-state index contributed by atoms with van der Waals surface area (Å²) in [7, 11) is 0. The third-order valence-electron chi connectivity index (χ3n) is 4.36. The second kappa shape index (κ2) is 9.29. The summed E-state index contributed by atoms with van der Waals surface area (Å²) in [6, 6.07) is 9.93. The maximum absolute atomic E-state index is 12.3. The first-order valence-electron chi connectivity index (χ1n) is 8.72. The molecule has 1 atom stereocenters. The van der Waals surface area contributed by atoms with E-state index in [4.69, 9.17) is 0 Å². The number of aliphatic hydroxyl groups excluding tert-OH is 1. The summed E-state index contributed by atoms with van der Waals surface area (Å²) >= 11 is 0. The van der Waals surface area contributed by atoms with Gasteiger partial charge in [-0.2, -0.15) is 0 Å². The number of hydrogen-bond acceptors (Lipinski definition) is 3. The molecule has 1 N–H and O–H groups in total. The van der Waals surface area contributed by atoms with E-state index in [0.717, 1.165) is 18.5 Å². The van der Waals surface area contributed by atoms with E-state index >= 15 is 0 Å². The monoisotopic (exact) mass is 313 g/mol. The molecule has 23 heavy (non-hydrogen) atoms. The fourth-order valence-corrected chi connectivity index (χ4v) is 2.98. The van der Waals surface area contributed by atoms with E-state index in [1.807, 2.05) is 30.3 Å². The van der Waals surface area contributed by atoms with Gasteiger partial charge in [-0.1, -0.05) is 62.9 Å². The van der Waals surface area contributed by atoms with Crippen molar-refractivity contribution in [3.8, 4) is 0 Å². The summed E-state index contributed by atoms with van der Waals surface area (Å²) in [5.74, 6) is 0.261. The summed E-state index contributed by atoms with van der Waals surface area (Å²) in [5.41, 5.74) is 1.52. The van der Waals surface area contributed by atoms with E-state index in [9.17, 15) is 9.90 Å². The number of hydrogen-bond donors (Lipinski definition) is 1. The van der Waals surface area contributed by atoms with Crippen LogP contribution in [-0.4, -0.2) is 23.6 Å². The molecule has 2 rings (SSSR count). The smallest absolute Gasteiger partial charge is 0.168 e. The van der Waals surface area contributed by atoms with Crippen molar-refractivity contribution in [1.82, 2.24) is 0 Å². The first-order chi connectivity index (χ1) is 11.2. The minimum atomic E-state index is -0.00247. The van der Waals surface area contributed by atoms with Crippen LogP contribution in [0.25, 0.3) is 0 Å². The molecule has 1 unspecified atom stereocenters. The van der Waals surface area contributed by atoms with Crippen LogP contribution in [0.15, 0.2) is 46.7 Å². The van der Waals surface area contributed by atoms with Crippen molar-refractivity contribution in [2.24, 2.45) is 4.99 Å². The molecule has 0 amide bonds. The van der Waals surface area contributed by atoms with E-state index < -0.39 is 0 Å². The van der Waals surface area contributed by atoms with E-state index in [2.05, 4.69) is 11.9 Å². The lowest BCUT2D eigenvalue weighted by atomic mass is 9.83. The lowest BCUT2D eigenvalue weighted by Crippen LogP contribution is -2.19. The number of benzene rings is 1. The molecule has 1 aromatic rings. The molecule has 0 radical (unpaired) electrons. The molecule has 3 heteroatoms. The fourth-order valence-electron chi connectivity index (χ4n) is 2.98. The molecular weight excluding hydrogens is 286 g/mol. The van der Waals surface area contributed by atoms with Gasteiger partial charge in [0.15, 0.2) is 5.78 Å². The van der Waals surface area contributed by atoms with Crippen LogP contribution in [0.2, 0.25) is 0 Å². The third kappa shape index (κ3) is 5.34. The van der Waals surface area contributed by atoms with Gasteiger partial charge < -0.3 is 5.11 Å².